The number of rotatable bonds is 8. The molecule has 0 aliphatic carbocycles. The Morgan fingerprint density at radius 2 is 1.91 bits per heavy atom. The van der Waals surface area contributed by atoms with Gasteiger partial charge in [-0.3, -0.25) is 14.7 Å². The molecule has 2 aromatic rings. The number of nitrogens with zero attached hydrogens (tertiary/aromatic N) is 3. The fraction of sp³-hybridized carbons (Fsp3) is 0.481. The number of ether oxygens (including phenoxy) is 1. The minimum absolute atomic E-state index is 0.120. The normalized spacial score (nSPS) is 15.6. The first-order valence-corrected chi connectivity index (χ1v) is 11.6. The molecule has 1 amide bonds. The molecule has 0 spiro atoms. The van der Waals surface area contributed by atoms with E-state index in [1.807, 2.05) is 37.2 Å². The second-order valence-corrected chi connectivity index (χ2v) is 8.98. The second-order valence-electron chi connectivity index (χ2n) is 8.98. The van der Waals surface area contributed by atoms with Gasteiger partial charge in [-0.25, -0.2) is 0 Å². The summed E-state index contributed by atoms with van der Waals surface area (Å²) in [5, 5.41) is 0. The molecule has 1 aliphatic rings. The van der Waals surface area contributed by atoms with Crippen molar-refractivity contribution in [1.82, 2.24) is 14.8 Å². The average Bonchev–Trinajstić information content (AvgIpc) is 2.80. The van der Waals surface area contributed by atoms with Gasteiger partial charge in [0.1, 0.15) is 5.75 Å². The highest BCUT2D eigenvalue weighted by molar-refractivity contribution is 5.88. The Hall–Kier alpha value is -2.66. The van der Waals surface area contributed by atoms with Gasteiger partial charge in [-0.15, -0.1) is 0 Å². The lowest BCUT2D eigenvalue weighted by atomic mass is 10.0. The van der Waals surface area contributed by atoms with E-state index >= 15 is 0 Å². The van der Waals surface area contributed by atoms with Crippen LogP contribution < -0.4 is 4.74 Å². The van der Waals surface area contributed by atoms with E-state index < -0.39 is 0 Å². The van der Waals surface area contributed by atoms with Gasteiger partial charge in [0.25, 0.3) is 0 Å². The summed E-state index contributed by atoms with van der Waals surface area (Å²) in [6.45, 7) is 8.93. The number of methoxy groups -OCH3 is 1. The lowest BCUT2D eigenvalue weighted by Gasteiger charge is -2.36. The van der Waals surface area contributed by atoms with Gasteiger partial charge in [0.2, 0.25) is 5.91 Å². The second kappa shape index (κ2) is 11.3. The number of likely N-dealkylation sites (tertiary alicyclic amines) is 1. The highest BCUT2D eigenvalue weighted by Gasteiger charge is 2.25. The minimum atomic E-state index is 0.120. The van der Waals surface area contributed by atoms with E-state index in [0.29, 0.717) is 6.04 Å². The zero-order chi connectivity index (χ0) is 23.1. The molecular formula is C27H37N3O2. The summed E-state index contributed by atoms with van der Waals surface area (Å²) in [5.74, 6) is 1.06. The molecule has 0 radical (unpaired) electrons. The van der Waals surface area contributed by atoms with Crippen molar-refractivity contribution in [3.05, 3.63) is 70.6 Å². The molecule has 0 bridgehead atoms. The number of aryl methyl sites for hydroxylation is 2. The van der Waals surface area contributed by atoms with Crippen molar-refractivity contribution in [2.75, 3.05) is 27.2 Å². The molecule has 1 fully saturated rings. The maximum Gasteiger partial charge on any atom is 0.246 e. The van der Waals surface area contributed by atoms with Gasteiger partial charge in [-0.1, -0.05) is 35.9 Å². The van der Waals surface area contributed by atoms with Gasteiger partial charge >= 0.3 is 0 Å². The first-order valence-electron chi connectivity index (χ1n) is 11.6. The number of hydrogen-bond donors (Lipinski definition) is 0. The SMILES string of the molecule is COc1c(C)cnc(CN2CCC(N(C)C(=O)C=C(C)CCc3ccccc3)CC2)c1C. The molecule has 3 rings (SSSR count). The summed E-state index contributed by atoms with van der Waals surface area (Å²) < 4.78 is 5.55. The highest BCUT2D eigenvalue weighted by atomic mass is 16.5. The fourth-order valence-electron chi connectivity index (χ4n) is 4.46. The van der Waals surface area contributed by atoms with Crippen molar-refractivity contribution in [3.63, 3.8) is 0 Å². The maximum atomic E-state index is 12.8. The molecule has 32 heavy (non-hydrogen) atoms. The quantitative estimate of drug-likeness (QED) is 0.564. The molecule has 5 nitrogen and oxygen atoms in total. The number of piperidine rings is 1. The molecule has 0 N–H and O–H groups in total. The van der Waals surface area contributed by atoms with Crippen molar-refractivity contribution in [2.45, 2.75) is 59.0 Å². The van der Waals surface area contributed by atoms with E-state index in [4.69, 9.17) is 4.74 Å². The first-order chi connectivity index (χ1) is 15.4. The van der Waals surface area contributed by atoms with Gasteiger partial charge in [-0.2, -0.15) is 0 Å². The van der Waals surface area contributed by atoms with E-state index in [1.54, 1.807) is 7.11 Å². The van der Waals surface area contributed by atoms with Crippen LogP contribution in [-0.4, -0.2) is 54.0 Å². The number of likely N-dealkylation sites (N-methyl/N-ethyl adjacent to an activating group) is 1. The van der Waals surface area contributed by atoms with Gasteiger partial charge < -0.3 is 9.64 Å². The van der Waals surface area contributed by atoms with Crippen molar-refractivity contribution in [1.29, 1.82) is 0 Å². The van der Waals surface area contributed by atoms with Crippen LogP contribution in [0.5, 0.6) is 5.75 Å². The molecule has 0 unspecified atom stereocenters. The Morgan fingerprint density at radius 1 is 1.22 bits per heavy atom. The van der Waals surface area contributed by atoms with Crippen LogP contribution >= 0.6 is 0 Å². The monoisotopic (exact) mass is 435 g/mol. The number of hydrogen-bond acceptors (Lipinski definition) is 4. The van der Waals surface area contributed by atoms with Gasteiger partial charge in [0, 0.05) is 56.1 Å². The standard InChI is InChI=1S/C27H37N3O2/c1-20(11-12-23-9-7-6-8-10-23)17-26(31)29(4)24-13-15-30(16-14-24)19-25-22(3)27(32-5)21(2)18-28-25/h6-10,17-18,24H,11-16,19H2,1-5H3. The van der Waals surface area contributed by atoms with Crippen molar-refractivity contribution < 1.29 is 9.53 Å². The third-order valence-electron chi connectivity index (χ3n) is 6.60. The van der Waals surface area contributed by atoms with Crippen LogP contribution in [-0.2, 0) is 17.8 Å². The molecule has 1 saturated heterocycles. The number of carbonyl (C=O) groups is 1. The van der Waals surface area contributed by atoms with Crippen LogP contribution in [0.3, 0.4) is 0 Å². The Kier molecular flexibility index (Phi) is 8.46. The summed E-state index contributed by atoms with van der Waals surface area (Å²) in [5.41, 5.74) is 5.72. The smallest absolute Gasteiger partial charge is 0.246 e. The molecule has 1 aromatic heterocycles. The van der Waals surface area contributed by atoms with E-state index in [2.05, 4.69) is 48.0 Å². The van der Waals surface area contributed by atoms with E-state index in [1.165, 1.54) is 5.56 Å². The third kappa shape index (κ3) is 6.19. The van der Waals surface area contributed by atoms with Gasteiger partial charge in [0.05, 0.1) is 12.8 Å². The molecule has 1 aromatic carbocycles. The molecule has 172 valence electrons. The Bertz CT molecular complexity index is 931. The molecule has 2 heterocycles. The van der Waals surface area contributed by atoms with E-state index in [-0.39, 0.29) is 5.91 Å². The van der Waals surface area contributed by atoms with Gasteiger partial charge in [-0.05, 0) is 52.0 Å². The Labute approximate surface area is 193 Å². The van der Waals surface area contributed by atoms with Crippen LogP contribution in [0.4, 0.5) is 0 Å². The average molecular weight is 436 g/mol. The van der Waals surface area contributed by atoms with Crippen molar-refractivity contribution in [3.8, 4) is 5.75 Å². The summed E-state index contributed by atoms with van der Waals surface area (Å²) in [7, 11) is 3.66. The maximum absolute atomic E-state index is 12.8. The van der Waals surface area contributed by atoms with Crippen LogP contribution in [0.25, 0.3) is 0 Å². The number of pyridine rings is 1. The molecule has 5 heteroatoms. The van der Waals surface area contributed by atoms with Crippen LogP contribution in [0.1, 0.15) is 48.6 Å². The number of aromatic nitrogens is 1. The van der Waals surface area contributed by atoms with Crippen molar-refractivity contribution in [2.24, 2.45) is 0 Å². The fourth-order valence-corrected chi connectivity index (χ4v) is 4.46. The largest absolute Gasteiger partial charge is 0.496 e. The topological polar surface area (TPSA) is 45.7 Å². The molecular weight excluding hydrogens is 398 g/mol. The van der Waals surface area contributed by atoms with Crippen LogP contribution in [0.2, 0.25) is 0 Å². The molecule has 1 aliphatic heterocycles. The van der Waals surface area contributed by atoms with Crippen LogP contribution in [0, 0.1) is 13.8 Å². The number of carbonyl (C=O) groups excluding carboxylic acids is 1. The number of benzene rings is 1. The van der Waals surface area contributed by atoms with Crippen molar-refractivity contribution >= 4 is 5.91 Å². The predicted molar refractivity (Wildman–Crippen MR) is 130 cm³/mol. The summed E-state index contributed by atoms with van der Waals surface area (Å²) in [6, 6.07) is 10.7. The van der Waals surface area contributed by atoms with E-state index in [0.717, 1.165) is 73.5 Å². The number of amides is 1. The number of allylic oxidation sites excluding steroid dienone is 1. The zero-order valence-electron chi connectivity index (χ0n) is 20.2. The summed E-state index contributed by atoms with van der Waals surface area (Å²) in [4.78, 5) is 21.8. The Balaban J connectivity index is 1.49. The highest BCUT2D eigenvalue weighted by Crippen LogP contribution is 2.26. The zero-order valence-corrected chi connectivity index (χ0v) is 20.2. The van der Waals surface area contributed by atoms with Gasteiger partial charge in [0.15, 0.2) is 0 Å². The minimum Gasteiger partial charge on any atom is -0.496 e. The summed E-state index contributed by atoms with van der Waals surface area (Å²) >= 11 is 0. The lowest BCUT2D eigenvalue weighted by molar-refractivity contribution is -0.127. The Morgan fingerprint density at radius 3 is 2.56 bits per heavy atom. The van der Waals surface area contributed by atoms with Crippen LogP contribution in [0.15, 0.2) is 48.2 Å². The lowest BCUT2D eigenvalue weighted by Crippen LogP contribution is -2.45. The summed E-state index contributed by atoms with van der Waals surface area (Å²) in [6.07, 6.45) is 7.57. The predicted octanol–water partition coefficient (Wildman–Crippen LogP) is 4.71. The van der Waals surface area contributed by atoms with E-state index in [9.17, 15) is 4.79 Å². The first kappa shape index (κ1) is 24.0. The molecule has 0 atom stereocenters. The molecule has 0 saturated carbocycles. The third-order valence-corrected chi connectivity index (χ3v) is 6.60.